The van der Waals surface area contributed by atoms with Gasteiger partial charge >= 0.3 is 6.18 Å². The molecule has 15 heavy (non-hydrogen) atoms. The van der Waals surface area contributed by atoms with Crippen LogP contribution in [0, 0.1) is 5.41 Å². The van der Waals surface area contributed by atoms with Crippen LogP contribution >= 0.6 is 0 Å². The lowest BCUT2D eigenvalue weighted by molar-refractivity contribution is -0.217. The zero-order valence-electron chi connectivity index (χ0n) is 9.90. The molecule has 0 radical (unpaired) electrons. The summed E-state index contributed by atoms with van der Waals surface area (Å²) in [5.74, 6) is 0. The molecule has 0 aromatic heterocycles. The van der Waals surface area contributed by atoms with Gasteiger partial charge in [0.2, 0.25) is 0 Å². The molecular weight excluding hydrogens is 207 g/mol. The van der Waals surface area contributed by atoms with E-state index in [1.807, 2.05) is 20.8 Å². The Labute approximate surface area is 89.2 Å². The number of ether oxygens (including phenoxy) is 1. The van der Waals surface area contributed by atoms with Crippen LogP contribution in [0.25, 0.3) is 0 Å². The predicted molar refractivity (Wildman–Crippen MR) is 53.8 cm³/mol. The molecule has 0 heterocycles. The molecule has 0 aliphatic rings. The highest BCUT2D eigenvalue weighted by Crippen LogP contribution is 2.24. The van der Waals surface area contributed by atoms with Crippen molar-refractivity contribution in [1.29, 1.82) is 0 Å². The molecule has 0 saturated carbocycles. The Hall–Kier alpha value is -0.290. The van der Waals surface area contributed by atoms with Crippen LogP contribution in [-0.4, -0.2) is 32.0 Å². The molecule has 0 aliphatic heterocycles. The number of alkyl halides is 3. The summed E-state index contributed by atoms with van der Waals surface area (Å²) < 4.78 is 41.3. The second-order valence-electron chi connectivity index (χ2n) is 4.72. The maximum absolute atomic E-state index is 12.2. The van der Waals surface area contributed by atoms with Crippen molar-refractivity contribution in [2.45, 2.75) is 46.0 Å². The standard InChI is InChI=1S/C10H20F3NO/c1-7(10(11,12)13)15-6-8(14-5)9(2,3)4/h7-8,14H,6H2,1-5H3. The summed E-state index contributed by atoms with van der Waals surface area (Å²) in [6.45, 7) is 6.94. The lowest BCUT2D eigenvalue weighted by atomic mass is 9.87. The number of hydrogen-bond donors (Lipinski definition) is 1. The fourth-order valence-electron chi connectivity index (χ4n) is 1.10. The SMILES string of the molecule is CNC(COC(C)C(F)(F)F)C(C)(C)C. The van der Waals surface area contributed by atoms with Crippen LogP contribution in [0.2, 0.25) is 0 Å². The van der Waals surface area contributed by atoms with E-state index in [4.69, 9.17) is 4.74 Å². The third-order valence-electron chi connectivity index (χ3n) is 2.37. The molecular formula is C10H20F3NO. The Kier molecular flexibility index (Phi) is 5.06. The largest absolute Gasteiger partial charge is 0.414 e. The van der Waals surface area contributed by atoms with Crippen LogP contribution in [0.1, 0.15) is 27.7 Å². The monoisotopic (exact) mass is 227 g/mol. The summed E-state index contributed by atoms with van der Waals surface area (Å²) in [5, 5.41) is 2.96. The van der Waals surface area contributed by atoms with Crippen molar-refractivity contribution in [3.8, 4) is 0 Å². The van der Waals surface area contributed by atoms with Crippen LogP contribution < -0.4 is 5.32 Å². The molecule has 2 atom stereocenters. The molecule has 2 unspecified atom stereocenters. The molecule has 0 rings (SSSR count). The Balaban J connectivity index is 4.14. The van der Waals surface area contributed by atoms with E-state index in [1.54, 1.807) is 7.05 Å². The van der Waals surface area contributed by atoms with Crippen molar-refractivity contribution in [3.63, 3.8) is 0 Å². The minimum atomic E-state index is -4.28. The normalized spacial score (nSPS) is 17.6. The van der Waals surface area contributed by atoms with Crippen molar-refractivity contribution in [3.05, 3.63) is 0 Å². The Bertz CT molecular complexity index is 186. The van der Waals surface area contributed by atoms with Gasteiger partial charge < -0.3 is 10.1 Å². The van der Waals surface area contributed by atoms with Crippen LogP contribution in [-0.2, 0) is 4.74 Å². The fourth-order valence-corrected chi connectivity index (χ4v) is 1.10. The van der Waals surface area contributed by atoms with E-state index in [2.05, 4.69) is 5.32 Å². The molecule has 0 amide bonds. The molecule has 2 nitrogen and oxygen atoms in total. The fraction of sp³-hybridized carbons (Fsp3) is 1.00. The first-order chi connectivity index (χ1) is 6.59. The van der Waals surface area contributed by atoms with Crippen molar-refractivity contribution in [2.24, 2.45) is 5.41 Å². The van der Waals surface area contributed by atoms with E-state index in [1.165, 1.54) is 0 Å². The molecule has 5 heteroatoms. The van der Waals surface area contributed by atoms with Gasteiger partial charge in [-0.25, -0.2) is 0 Å². The van der Waals surface area contributed by atoms with Gasteiger partial charge in [0.15, 0.2) is 6.10 Å². The zero-order chi connectivity index (χ0) is 12.3. The minimum Gasteiger partial charge on any atom is -0.367 e. The maximum atomic E-state index is 12.2. The molecule has 0 fully saturated rings. The molecule has 0 saturated heterocycles. The quantitative estimate of drug-likeness (QED) is 0.797. The first-order valence-electron chi connectivity index (χ1n) is 4.94. The lowest BCUT2D eigenvalue weighted by Gasteiger charge is -2.31. The maximum Gasteiger partial charge on any atom is 0.414 e. The Morgan fingerprint density at radius 2 is 1.67 bits per heavy atom. The van der Waals surface area contributed by atoms with Gasteiger partial charge in [0.05, 0.1) is 6.61 Å². The van der Waals surface area contributed by atoms with Gasteiger partial charge in [0.1, 0.15) is 0 Å². The van der Waals surface area contributed by atoms with Crippen LogP contribution in [0.4, 0.5) is 13.2 Å². The van der Waals surface area contributed by atoms with E-state index < -0.39 is 12.3 Å². The van der Waals surface area contributed by atoms with Gasteiger partial charge in [-0.2, -0.15) is 13.2 Å². The average Bonchev–Trinajstić information content (AvgIpc) is 2.00. The van der Waals surface area contributed by atoms with E-state index in [9.17, 15) is 13.2 Å². The molecule has 1 N–H and O–H groups in total. The van der Waals surface area contributed by atoms with E-state index in [0.29, 0.717) is 0 Å². The molecule has 0 aromatic rings. The highest BCUT2D eigenvalue weighted by Gasteiger charge is 2.37. The van der Waals surface area contributed by atoms with Gasteiger partial charge in [-0.15, -0.1) is 0 Å². The summed E-state index contributed by atoms with van der Waals surface area (Å²) in [4.78, 5) is 0. The Morgan fingerprint density at radius 3 is 1.93 bits per heavy atom. The van der Waals surface area contributed by atoms with Crippen LogP contribution in [0.3, 0.4) is 0 Å². The lowest BCUT2D eigenvalue weighted by Crippen LogP contribution is -2.44. The third kappa shape index (κ3) is 5.37. The topological polar surface area (TPSA) is 21.3 Å². The third-order valence-corrected chi connectivity index (χ3v) is 2.37. The second kappa shape index (κ2) is 5.16. The van der Waals surface area contributed by atoms with E-state index >= 15 is 0 Å². The molecule has 0 spiro atoms. The van der Waals surface area contributed by atoms with E-state index in [-0.39, 0.29) is 18.1 Å². The summed E-state index contributed by atoms with van der Waals surface area (Å²) in [5.41, 5.74) is -0.125. The van der Waals surface area contributed by atoms with Crippen molar-refractivity contribution in [1.82, 2.24) is 5.32 Å². The van der Waals surface area contributed by atoms with Gasteiger partial charge in [-0.1, -0.05) is 20.8 Å². The van der Waals surface area contributed by atoms with Crippen LogP contribution in [0.5, 0.6) is 0 Å². The van der Waals surface area contributed by atoms with Gasteiger partial charge in [-0.05, 0) is 19.4 Å². The molecule has 92 valence electrons. The summed E-state index contributed by atoms with van der Waals surface area (Å²) in [6, 6.07) is -0.0951. The van der Waals surface area contributed by atoms with Gasteiger partial charge in [0.25, 0.3) is 0 Å². The number of hydrogen-bond acceptors (Lipinski definition) is 2. The predicted octanol–water partition coefficient (Wildman–Crippen LogP) is 2.59. The smallest absolute Gasteiger partial charge is 0.367 e. The number of nitrogens with one attached hydrogen (secondary N) is 1. The first-order valence-corrected chi connectivity index (χ1v) is 4.94. The highest BCUT2D eigenvalue weighted by atomic mass is 19.4. The molecule has 0 aliphatic carbocycles. The highest BCUT2D eigenvalue weighted by molar-refractivity contribution is 4.79. The van der Waals surface area contributed by atoms with Crippen LogP contribution in [0.15, 0.2) is 0 Å². The second-order valence-corrected chi connectivity index (χ2v) is 4.72. The summed E-state index contributed by atoms with van der Waals surface area (Å²) >= 11 is 0. The summed E-state index contributed by atoms with van der Waals surface area (Å²) in [6.07, 6.45) is -5.99. The minimum absolute atomic E-state index is 0.0562. The average molecular weight is 227 g/mol. The first kappa shape index (κ1) is 14.7. The van der Waals surface area contributed by atoms with Crippen molar-refractivity contribution >= 4 is 0 Å². The summed E-state index contributed by atoms with van der Waals surface area (Å²) in [7, 11) is 1.72. The van der Waals surface area contributed by atoms with Gasteiger partial charge in [-0.3, -0.25) is 0 Å². The van der Waals surface area contributed by atoms with E-state index in [0.717, 1.165) is 6.92 Å². The molecule has 0 aromatic carbocycles. The van der Waals surface area contributed by atoms with Crippen molar-refractivity contribution in [2.75, 3.05) is 13.7 Å². The number of halogens is 3. The molecule has 0 bridgehead atoms. The van der Waals surface area contributed by atoms with Gasteiger partial charge in [0, 0.05) is 6.04 Å². The number of likely N-dealkylation sites (N-methyl/N-ethyl adjacent to an activating group) is 1. The van der Waals surface area contributed by atoms with Crippen molar-refractivity contribution < 1.29 is 17.9 Å². The zero-order valence-corrected chi connectivity index (χ0v) is 9.90. The number of rotatable bonds is 4. The Morgan fingerprint density at radius 1 is 1.20 bits per heavy atom.